The predicted octanol–water partition coefficient (Wildman–Crippen LogP) is 2.60. The third-order valence-corrected chi connectivity index (χ3v) is 5.27. The first kappa shape index (κ1) is 16.1. The summed E-state index contributed by atoms with van der Waals surface area (Å²) in [6.45, 7) is 3.69. The van der Waals surface area contributed by atoms with Crippen LogP contribution in [0.15, 0.2) is 42.6 Å². The van der Waals surface area contributed by atoms with E-state index in [9.17, 15) is 4.79 Å². The molecule has 2 unspecified atom stereocenters. The highest BCUT2D eigenvalue weighted by molar-refractivity contribution is 5.78. The maximum atomic E-state index is 12.6. The Bertz CT molecular complexity index is 736. The van der Waals surface area contributed by atoms with Crippen LogP contribution < -0.4 is 4.90 Å². The second kappa shape index (κ2) is 6.82. The van der Waals surface area contributed by atoms with Gasteiger partial charge >= 0.3 is 0 Å². The van der Waals surface area contributed by atoms with Crippen LogP contribution in [0.4, 0.5) is 5.82 Å². The molecule has 2 bridgehead atoms. The maximum Gasteiger partial charge on any atom is 0.223 e. The van der Waals surface area contributed by atoms with Crippen molar-refractivity contribution in [2.75, 3.05) is 18.0 Å². The number of hydrogen-bond acceptors (Lipinski definition) is 4. The van der Waals surface area contributed by atoms with Crippen LogP contribution >= 0.6 is 0 Å². The fourth-order valence-electron chi connectivity index (χ4n) is 4.04. The van der Waals surface area contributed by atoms with E-state index in [1.165, 1.54) is 5.56 Å². The minimum absolute atomic E-state index is 0.315. The molecular weight excluding hydrogens is 312 g/mol. The van der Waals surface area contributed by atoms with Crippen molar-refractivity contribution in [3.8, 4) is 0 Å². The summed E-state index contributed by atoms with van der Waals surface area (Å²) in [4.78, 5) is 25.7. The van der Waals surface area contributed by atoms with Crippen molar-refractivity contribution >= 4 is 11.7 Å². The Hall–Kier alpha value is -2.43. The van der Waals surface area contributed by atoms with Gasteiger partial charge < -0.3 is 9.80 Å². The number of piperidine rings is 1. The molecule has 3 saturated heterocycles. The second-order valence-corrected chi connectivity index (χ2v) is 7.05. The van der Waals surface area contributed by atoms with Gasteiger partial charge in [0.05, 0.1) is 12.1 Å². The van der Waals surface area contributed by atoms with Crippen LogP contribution in [0.1, 0.15) is 30.7 Å². The number of aryl methyl sites for hydroxylation is 2. The number of amides is 1. The zero-order valence-corrected chi connectivity index (χ0v) is 14.6. The van der Waals surface area contributed by atoms with Crippen LogP contribution in [0.5, 0.6) is 0 Å². The third-order valence-electron chi connectivity index (χ3n) is 5.27. The Morgan fingerprint density at radius 1 is 1.16 bits per heavy atom. The molecule has 0 N–H and O–H groups in total. The first-order chi connectivity index (χ1) is 12.2. The molecule has 3 aliphatic heterocycles. The molecule has 4 heterocycles. The van der Waals surface area contributed by atoms with Crippen molar-refractivity contribution in [2.45, 2.75) is 44.7 Å². The van der Waals surface area contributed by atoms with E-state index in [0.29, 0.717) is 24.4 Å². The molecule has 5 heteroatoms. The van der Waals surface area contributed by atoms with E-state index in [4.69, 9.17) is 0 Å². The Labute approximate surface area is 148 Å². The van der Waals surface area contributed by atoms with Crippen LogP contribution in [-0.2, 0) is 11.2 Å². The molecule has 0 saturated carbocycles. The van der Waals surface area contributed by atoms with Crippen LogP contribution in [-0.4, -0.2) is 45.9 Å². The summed E-state index contributed by atoms with van der Waals surface area (Å²) in [6, 6.07) is 13.1. The average molecular weight is 336 g/mol. The van der Waals surface area contributed by atoms with Crippen molar-refractivity contribution < 1.29 is 4.79 Å². The molecule has 0 radical (unpaired) electrons. The number of anilines is 1. The van der Waals surface area contributed by atoms with Gasteiger partial charge in [-0.25, -0.2) is 9.97 Å². The molecule has 3 aliphatic rings. The molecule has 0 spiro atoms. The fraction of sp³-hybridized carbons (Fsp3) is 0.450. The summed E-state index contributed by atoms with van der Waals surface area (Å²) >= 11 is 0. The van der Waals surface area contributed by atoms with E-state index in [2.05, 4.69) is 44.0 Å². The van der Waals surface area contributed by atoms with Gasteiger partial charge in [-0.3, -0.25) is 4.79 Å². The van der Waals surface area contributed by atoms with Crippen molar-refractivity contribution in [3.63, 3.8) is 0 Å². The first-order valence-electron chi connectivity index (χ1n) is 9.10. The predicted molar refractivity (Wildman–Crippen MR) is 97.4 cm³/mol. The van der Waals surface area contributed by atoms with Crippen LogP contribution in [0.2, 0.25) is 0 Å². The Morgan fingerprint density at radius 2 is 1.92 bits per heavy atom. The minimum Gasteiger partial charge on any atom is -0.352 e. The summed E-state index contributed by atoms with van der Waals surface area (Å²) in [5.41, 5.74) is 1.31. The lowest BCUT2D eigenvalue weighted by atomic mass is 9.86. The lowest BCUT2D eigenvalue weighted by Crippen LogP contribution is -2.70. The van der Waals surface area contributed by atoms with E-state index in [1.807, 2.05) is 25.3 Å². The first-order valence-corrected chi connectivity index (χ1v) is 9.10. The smallest absolute Gasteiger partial charge is 0.223 e. The molecule has 3 fully saturated rings. The molecule has 2 aromatic rings. The molecule has 5 nitrogen and oxygen atoms in total. The average Bonchev–Trinajstić information content (AvgIpc) is 2.62. The third kappa shape index (κ3) is 3.36. The van der Waals surface area contributed by atoms with Gasteiger partial charge in [-0.2, -0.15) is 0 Å². The van der Waals surface area contributed by atoms with E-state index < -0.39 is 0 Å². The Kier molecular flexibility index (Phi) is 4.38. The topological polar surface area (TPSA) is 49.3 Å². The molecule has 130 valence electrons. The summed E-state index contributed by atoms with van der Waals surface area (Å²) in [7, 11) is 0. The van der Waals surface area contributed by atoms with Crippen LogP contribution in [0.25, 0.3) is 0 Å². The van der Waals surface area contributed by atoms with Gasteiger partial charge in [0.2, 0.25) is 5.91 Å². The Balaban J connectivity index is 1.30. The van der Waals surface area contributed by atoms with Gasteiger partial charge in [0.15, 0.2) is 0 Å². The van der Waals surface area contributed by atoms with E-state index in [0.717, 1.165) is 44.0 Å². The number of piperazine rings is 1. The largest absolute Gasteiger partial charge is 0.352 e. The Morgan fingerprint density at radius 3 is 2.64 bits per heavy atom. The molecule has 25 heavy (non-hydrogen) atoms. The molecule has 1 aromatic carbocycles. The highest BCUT2D eigenvalue weighted by Gasteiger charge is 2.47. The number of hydrogen-bond donors (Lipinski definition) is 0. The molecular formula is C20H24N4O. The van der Waals surface area contributed by atoms with Crippen LogP contribution in [0.3, 0.4) is 0 Å². The van der Waals surface area contributed by atoms with Crippen molar-refractivity contribution in [1.29, 1.82) is 0 Å². The highest BCUT2D eigenvalue weighted by atomic mass is 16.2. The summed E-state index contributed by atoms with van der Waals surface area (Å²) < 4.78 is 0. The van der Waals surface area contributed by atoms with Gasteiger partial charge in [0.1, 0.15) is 11.6 Å². The number of fused-ring (bicyclic) bond motifs is 2. The number of rotatable bonds is 5. The SMILES string of the molecule is Cc1nccc(N2CC3CC(C2)N3C(=O)CCCc2ccccc2)n1. The molecule has 1 aromatic heterocycles. The lowest BCUT2D eigenvalue weighted by Gasteiger charge is -2.56. The fourth-order valence-corrected chi connectivity index (χ4v) is 4.04. The van der Waals surface area contributed by atoms with Crippen molar-refractivity contribution in [1.82, 2.24) is 14.9 Å². The molecule has 1 amide bonds. The number of benzene rings is 1. The van der Waals surface area contributed by atoms with Gasteiger partial charge in [0, 0.05) is 25.7 Å². The van der Waals surface area contributed by atoms with E-state index in [1.54, 1.807) is 0 Å². The number of nitrogens with zero attached hydrogens (tertiary/aromatic N) is 4. The van der Waals surface area contributed by atoms with Crippen molar-refractivity contribution in [3.05, 3.63) is 54.0 Å². The lowest BCUT2D eigenvalue weighted by molar-refractivity contribution is -0.146. The summed E-state index contributed by atoms with van der Waals surface area (Å²) in [5.74, 6) is 2.10. The molecule has 0 aliphatic carbocycles. The number of carbonyl (C=O) groups is 1. The zero-order valence-electron chi connectivity index (χ0n) is 14.6. The standard InChI is InChI=1S/C20H24N4O/c1-15-21-11-10-19(22-15)23-13-17-12-18(14-23)24(17)20(25)9-5-8-16-6-3-2-4-7-16/h2-4,6-7,10-11,17-18H,5,8-9,12-14H2,1H3. The normalized spacial score (nSPS) is 21.8. The van der Waals surface area contributed by atoms with E-state index >= 15 is 0 Å². The second-order valence-electron chi connectivity index (χ2n) is 7.05. The highest BCUT2D eigenvalue weighted by Crippen LogP contribution is 2.34. The quantitative estimate of drug-likeness (QED) is 0.842. The summed E-state index contributed by atoms with van der Waals surface area (Å²) in [6.07, 6.45) is 5.49. The van der Waals surface area contributed by atoms with Gasteiger partial charge in [-0.15, -0.1) is 0 Å². The maximum absolute atomic E-state index is 12.6. The monoisotopic (exact) mass is 336 g/mol. The minimum atomic E-state index is 0.315. The van der Waals surface area contributed by atoms with Crippen molar-refractivity contribution in [2.24, 2.45) is 0 Å². The summed E-state index contributed by atoms with van der Waals surface area (Å²) in [5, 5.41) is 0. The molecule has 2 atom stereocenters. The van der Waals surface area contributed by atoms with Gasteiger partial charge in [-0.05, 0) is 37.8 Å². The molecule has 5 rings (SSSR count). The van der Waals surface area contributed by atoms with Gasteiger partial charge in [-0.1, -0.05) is 30.3 Å². The van der Waals surface area contributed by atoms with Crippen LogP contribution in [0, 0.1) is 6.92 Å². The number of carbonyl (C=O) groups excluding carboxylic acids is 1. The van der Waals surface area contributed by atoms with E-state index in [-0.39, 0.29) is 0 Å². The number of aromatic nitrogens is 2. The van der Waals surface area contributed by atoms with Gasteiger partial charge in [0.25, 0.3) is 0 Å². The zero-order chi connectivity index (χ0) is 17.2.